The van der Waals surface area contributed by atoms with Crippen molar-refractivity contribution >= 4 is 0 Å². The second-order valence-electron chi connectivity index (χ2n) is 7.08. The minimum Gasteiger partial charge on any atom is -0.396 e. The molecule has 0 unspecified atom stereocenters. The molecular formula is C17H20F3NO2. The molecule has 23 heavy (non-hydrogen) atoms. The number of hydrogen-bond donors (Lipinski definition) is 1. The van der Waals surface area contributed by atoms with Gasteiger partial charge in [0.2, 0.25) is 0 Å². The highest BCUT2D eigenvalue weighted by atomic mass is 19.4. The monoisotopic (exact) mass is 327 g/mol. The first-order valence-electron chi connectivity index (χ1n) is 8.08. The van der Waals surface area contributed by atoms with E-state index in [0.29, 0.717) is 12.5 Å². The summed E-state index contributed by atoms with van der Waals surface area (Å²) >= 11 is 0. The zero-order chi connectivity index (χ0) is 16.2. The lowest BCUT2D eigenvalue weighted by molar-refractivity contribution is -0.137. The maximum Gasteiger partial charge on any atom is 0.416 e. The van der Waals surface area contributed by atoms with Gasteiger partial charge >= 0.3 is 6.18 Å². The normalized spacial score (nSPS) is 36.6. The van der Waals surface area contributed by atoms with Gasteiger partial charge in [-0.15, -0.1) is 0 Å². The summed E-state index contributed by atoms with van der Waals surface area (Å²) < 4.78 is 44.0. The van der Waals surface area contributed by atoms with Crippen molar-refractivity contribution in [3.63, 3.8) is 0 Å². The first-order chi connectivity index (χ1) is 10.9. The topological polar surface area (TPSA) is 32.7 Å². The van der Waals surface area contributed by atoms with Crippen molar-refractivity contribution in [2.45, 2.75) is 37.3 Å². The fraction of sp³-hybridized carbons (Fsp3) is 0.647. The SMILES string of the molecule is OC[C@H]1[C@H]2CN(Cc3ccc(C(F)(F)F)cc3)C[C@]23CC[C@H]1O3. The quantitative estimate of drug-likeness (QED) is 0.926. The number of aliphatic hydroxyl groups excluding tert-OH is 1. The summed E-state index contributed by atoms with van der Waals surface area (Å²) in [5.41, 5.74) is 0.133. The number of likely N-dealkylation sites (tertiary alicyclic amines) is 1. The van der Waals surface area contributed by atoms with E-state index >= 15 is 0 Å². The van der Waals surface area contributed by atoms with E-state index in [1.807, 2.05) is 0 Å². The third-order valence-corrected chi connectivity index (χ3v) is 5.75. The van der Waals surface area contributed by atoms with Crippen LogP contribution in [-0.4, -0.2) is 41.4 Å². The van der Waals surface area contributed by atoms with Crippen LogP contribution in [0.1, 0.15) is 24.0 Å². The summed E-state index contributed by atoms with van der Waals surface area (Å²) in [5.74, 6) is 0.557. The summed E-state index contributed by atoms with van der Waals surface area (Å²) in [4.78, 5) is 2.25. The maximum atomic E-state index is 12.6. The van der Waals surface area contributed by atoms with Gasteiger partial charge in [-0.1, -0.05) is 12.1 Å². The summed E-state index contributed by atoms with van der Waals surface area (Å²) in [5, 5.41) is 9.61. The lowest BCUT2D eigenvalue weighted by Gasteiger charge is -2.28. The van der Waals surface area contributed by atoms with Crippen LogP contribution in [0.3, 0.4) is 0 Å². The minimum atomic E-state index is -4.29. The van der Waals surface area contributed by atoms with Crippen molar-refractivity contribution in [2.75, 3.05) is 19.7 Å². The molecule has 6 heteroatoms. The molecule has 3 aliphatic heterocycles. The molecule has 3 fully saturated rings. The van der Waals surface area contributed by atoms with E-state index in [9.17, 15) is 18.3 Å². The molecule has 1 spiro atoms. The molecule has 0 radical (unpaired) electrons. The molecule has 3 aliphatic rings. The van der Waals surface area contributed by atoms with Crippen molar-refractivity contribution < 1.29 is 23.0 Å². The van der Waals surface area contributed by atoms with Crippen LogP contribution < -0.4 is 0 Å². The third-order valence-electron chi connectivity index (χ3n) is 5.75. The first-order valence-corrected chi connectivity index (χ1v) is 8.08. The molecule has 2 bridgehead atoms. The molecule has 0 aromatic heterocycles. The number of alkyl halides is 3. The average Bonchev–Trinajstić information content (AvgIpc) is 3.13. The summed E-state index contributed by atoms with van der Waals surface area (Å²) in [6.07, 6.45) is -2.06. The highest BCUT2D eigenvalue weighted by Gasteiger charge is 2.62. The van der Waals surface area contributed by atoms with Gasteiger partial charge in [0.1, 0.15) is 0 Å². The van der Waals surface area contributed by atoms with Crippen LogP contribution in [0.4, 0.5) is 13.2 Å². The Labute approximate surface area is 133 Å². The van der Waals surface area contributed by atoms with Crippen LogP contribution >= 0.6 is 0 Å². The Morgan fingerprint density at radius 1 is 1.26 bits per heavy atom. The predicted molar refractivity (Wildman–Crippen MR) is 77.6 cm³/mol. The Balaban J connectivity index is 1.45. The van der Waals surface area contributed by atoms with Crippen LogP contribution in [0.5, 0.6) is 0 Å². The smallest absolute Gasteiger partial charge is 0.396 e. The summed E-state index contributed by atoms with van der Waals surface area (Å²) in [7, 11) is 0. The molecule has 0 amide bonds. The molecule has 3 heterocycles. The Morgan fingerprint density at radius 3 is 2.65 bits per heavy atom. The zero-order valence-corrected chi connectivity index (χ0v) is 12.7. The number of halogens is 3. The molecule has 3 saturated heterocycles. The van der Waals surface area contributed by atoms with E-state index in [-0.39, 0.29) is 24.2 Å². The molecule has 0 saturated carbocycles. The number of hydrogen-bond acceptors (Lipinski definition) is 3. The lowest BCUT2D eigenvalue weighted by Crippen LogP contribution is -2.37. The van der Waals surface area contributed by atoms with Crippen molar-refractivity contribution in [2.24, 2.45) is 11.8 Å². The Morgan fingerprint density at radius 2 is 2.00 bits per heavy atom. The average molecular weight is 327 g/mol. The lowest BCUT2D eigenvalue weighted by atomic mass is 9.74. The van der Waals surface area contributed by atoms with Gasteiger partial charge in [0.05, 0.1) is 17.3 Å². The van der Waals surface area contributed by atoms with Gasteiger partial charge in [-0.25, -0.2) is 0 Å². The zero-order valence-electron chi connectivity index (χ0n) is 12.7. The van der Waals surface area contributed by atoms with Crippen LogP contribution in [0, 0.1) is 11.8 Å². The summed E-state index contributed by atoms with van der Waals surface area (Å²) in [6, 6.07) is 5.39. The highest BCUT2D eigenvalue weighted by Crippen LogP contribution is 2.54. The molecule has 4 atom stereocenters. The fourth-order valence-corrected chi connectivity index (χ4v) is 4.71. The second-order valence-corrected chi connectivity index (χ2v) is 7.08. The fourth-order valence-electron chi connectivity index (χ4n) is 4.71. The van der Waals surface area contributed by atoms with Crippen LogP contribution in [0.2, 0.25) is 0 Å². The van der Waals surface area contributed by atoms with Gasteiger partial charge in [0.25, 0.3) is 0 Å². The maximum absolute atomic E-state index is 12.6. The standard InChI is InChI=1S/C17H20F3NO2/c18-17(19,20)12-3-1-11(2-4-12)7-21-8-14-13(9-22)15-5-6-16(14,10-21)23-15/h1-4,13-15,22H,5-10H2/t13-,14+,15+,16+/m0/s1. The van der Waals surface area contributed by atoms with Crippen molar-refractivity contribution in [3.8, 4) is 0 Å². The Hall–Kier alpha value is -1.11. The molecular weight excluding hydrogens is 307 g/mol. The number of ether oxygens (including phenoxy) is 1. The van der Waals surface area contributed by atoms with E-state index in [1.165, 1.54) is 0 Å². The van der Waals surface area contributed by atoms with Crippen LogP contribution in [0.25, 0.3) is 0 Å². The highest BCUT2D eigenvalue weighted by molar-refractivity contribution is 5.25. The molecule has 126 valence electrons. The van der Waals surface area contributed by atoms with E-state index in [2.05, 4.69) is 4.90 Å². The van der Waals surface area contributed by atoms with Gasteiger partial charge in [-0.2, -0.15) is 13.2 Å². The number of nitrogens with zero attached hydrogens (tertiary/aromatic N) is 1. The van der Waals surface area contributed by atoms with Gasteiger partial charge < -0.3 is 9.84 Å². The molecule has 1 N–H and O–H groups in total. The molecule has 4 rings (SSSR count). The van der Waals surface area contributed by atoms with Gasteiger partial charge in [-0.05, 0) is 30.5 Å². The minimum absolute atomic E-state index is 0.135. The van der Waals surface area contributed by atoms with Crippen LogP contribution in [-0.2, 0) is 17.5 Å². The van der Waals surface area contributed by atoms with Crippen LogP contribution in [0.15, 0.2) is 24.3 Å². The molecule has 1 aromatic carbocycles. The van der Waals surface area contributed by atoms with Gasteiger partial charge in [0, 0.05) is 38.1 Å². The third kappa shape index (κ3) is 2.47. The number of benzene rings is 1. The van der Waals surface area contributed by atoms with E-state index in [1.54, 1.807) is 12.1 Å². The first kappa shape index (κ1) is 15.4. The largest absolute Gasteiger partial charge is 0.416 e. The molecule has 1 aromatic rings. The Kier molecular flexibility index (Phi) is 3.48. The molecule has 0 aliphatic carbocycles. The van der Waals surface area contributed by atoms with Gasteiger partial charge in [0.15, 0.2) is 0 Å². The van der Waals surface area contributed by atoms with E-state index in [4.69, 9.17) is 4.74 Å². The number of fused-ring (bicyclic) bond motifs is 1. The Bertz CT molecular complexity index is 588. The predicted octanol–water partition coefficient (Wildman–Crippen LogP) is 2.68. The van der Waals surface area contributed by atoms with Crippen molar-refractivity contribution in [1.82, 2.24) is 4.90 Å². The molecule has 3 nitrogen and oxygen atoms in total. The number of aliphatic hydroxyl groups is 1. The summed E-state index contributed by atoms with van der Waals surface area (Å²) in [6.45, 7) is 2.45. The van der Waals surface area contributed by atoms with Crippen molar-refractivity contribution in [3.05, 3.63) is 35.4 Å². The van der Waals surface area contributed by atoms with E-state index in [0.717, 1.165) is 43.6 Å². The van der Waals surface area contributed by atoms with E-state index < -0.39 is 11.7 Å². The number of rotatable bonds is 3. The van der Waals surface area contributed by atoms with Crippen molar-refractivity contribution in [1.29, 1.82) is 0 Å². The van der Waals surface area contributed by atoms with Gasteiger partial charge in [-0.3, -0.25) is 4.90 Å². The second kappa shape index (κ2) is 5.19.